The molecule has 0 fully saturated rings. The van der Waals surface area contributed by atoms with E-state index < -0.39 is 0 Å². The zero-order valence-corrected chi connectivity index (χ0v) is 12.2. The number of hydrogen-bond donors (Lipinski definition) is 0. The van der Waals surface area contributed by atoms with E-state index in [1.54, 1.807) is 0 Å². The monoisotopic (exact) mass is 254 g/mol. The molecule has 0 aromatic heterocycles. The van der Waals surface area contributed by atoms with E-state index >= 15 is 0 Å². The molecule has 0 aliphatic carbocycles. The fraction of sp³-hybridized carbons (Fsp3) is 0.500. The molecule has 0 heterocycles. The van der Waals surface area contributed by atoms with Crippen molar-refractivity contribution in [3.63, 3.8) is 0 Å². The lowest BCUT2D eigenvalue weighted by Crippen LogP contribution is -2.14. The minimum absolute atomic E-state index is 0. The first-order valence-corrected chi connectivity index (χ1v) is 5.94. The second-order valence-electron chi connectivity index (χ2n) is 4.03. The number of hydrogen-bond acceptors (Lipinski definition) is 2. The van der Waals surface area contributed by atoms with Crippen molar-refractivity contribution < 1.29 is 9.53 Å². The maximum absolute atomic E-state index is 11.4. The molecule has 0 amide bonds. The van der Waals surface area contributed by atoms with E-state index in [4.69, 9.17) is 4.74 Å². The topological polar surface area (TPSA) is 26.3 Å². The van der Waals surface area contributed by atoms with Crippen LogP contribution < -0.4 is 0 Å². The third kappa shape index (κ3) is 6.43. The fourth-order valence-electron chi connectivity index (χ4n) is 1.66. The molecule has 0 aliphatic rings. The van der Waals surface area contributed by atoms with Gasteiger partial charge in [-0.3, -0.25) is 4.79 Å². The number of esters is 1. The highest BCUT2D eigenvalue weighted by Gasteiger charge is 2.12. The molecular formula is C14H23O2P. The van der Waals surface area contributed by atoms with Crippen molar-refractivity contribution in [2.24, 2.45) is 5.92 Å². The Hall–Kier alpha value is -0.880. The summed E-state index contributed by atoms with van der Waals surface area (Å²) in [6.07, 6.45) is 2.96. The van der Waals surface area contributed by atoms with Crippen LogP contribution in [0.2, 0.25) is 0 Å². The van der Waals surface area contributed by atoms with E-state index in [2.05, 4.69) is 12.1 Å². The predicted octanol–water partition coefficient (Wildman–Crippen LogP) is 3.27. The summed E-state index contributed by atoms with van der Waals surface area (Å²) in [5.74, 6) is -0.0563. The van der Waals surface area contributed by atoms with Crippen molar-refractivity contribution >= 4 is 15.9 Å². The fourth-order valence-corrected chi connectivity index (χ4v) is 1.66. The average molecular weight is 254 g/mol. The van der Waals surface area contributed by atoms with E-state index in [1.165, 1.54) is 5.56 Å². The number of rotatable bonds is 6. The SMILES string of the molecule is CCOC(=O)C(C)CCCc1ccccc1.P. The molecule has 0 saturated heterocycles. The third-order valence-corrected chi connectivity index (χ3v) is 2.63. The zero-order chi connectivity index (χ0) is 11.8. The van der Waals surface area contributed by atoms with Crippen LogP contribution in [-0.2, 0) is 16.0 Å². The van der Waals surface area contributed by atoms with Crippen LogP contribution in [0.1, 0.15) is 32.3 Å². The lowest BCUT2D eigenvalue weighted by atomic mass is 10.0. The summed E-state index contributed by atoms with van der Waals surface area (Å²) >= 11 is 0. The van der Waals surface area contributed by atoms with Gasteiger partial charge in [0.25, 0.3) is 0 Å². The largest absolute Gasteiger partial charge is 0.466 e. The van der Waals surface area contributed by atoms with Crippen LogP contribution in [0.4, 0.5) is 0 Å². The number of aryl methyl sites for hydroxylation is 1. The Bertz CT molecular complexity index is 311. The van der Waals surface area contributed by atoms with Gasteiger partial charge >= 0.3 is 5.97 Å². The van der Waals surface area contributed by atoms with Crippen molar-refractivity contribution in [1.29, 1.82) is 0 Å². The van der Waals surface area contributed by atoms with Gasteiger partial charge in [0.15, 0.2) is 0 Å². The van der Waals surface area contributed by atoms with Crippen LogP contribution in [0.3, 0.4) is 0 Å². The average Bonchev–Trinajstić information content (AvgIpc) is 2.30. The summed E-state index contributed by atoms with van der Waals surface area (Å²) in [5.41, 5.74) is 1.33. The Morgan fingerprint density at radius 2 is 1.94 bits per heavy atom. The predicted molar refractivity (Wildman–Crippen MR) is 76.3 cm³/mol. The molecule has 0 spiro atoms. The highest BCUT2D eigenvalue weighted by Crippen LogP contribution is 2.11. The lowest BCUT2D eigenvalue weighted by molar-refractivity contribution is -0.147. The minimum atomic E-state index is -0.0736. The standard InChI is InChI=1S/C14H20O2.H3P/c1-3-16-14(15)12(2)8-7-11-13-9-5-4-6-10-13;/h4-6,9-10,12H,3,7-8,11H2,1-2H3;1H3. The van der Waals surface area contributed by atoms with E-state index in [1.807, 2.05) is 32.0 Å². The third-order valence-electron chi connectivity index (χ3n) is 2.63. The molecule has 2 nitrogen and oxygen atoms in total. The quantitative estimate of drug-likeness (QED) is 0.575. The molecule has 96 valence electrons. The van der Waals surface area contributed by atoms with Crippen LogP contribution in [0, 0.1) is 5.92 Å². The van der Waals surface area contributed by atoms with E-state index in [0.717, 1.165) is 19.3 Å². The highest BCUT2D eigenvalue weighted by atomic mass is 31.0. The molecule has 1 rings (SSSR count). The zero-order valence-electron chi connectivity index (χ0n) is 10.8. The molecule has 0 saturated carbocycles. The Balaban J connectivity index is 0.00000256. The van der Waals surface area contributed by atoms with Crippen molar-refractivity contribution in [3.8, 4) is 0 Å². The van der Waals surface area contributed by atoms with Crippen molar-refractivity contribution in [1.82, 2.24) is 0 Å². The molecule has 0 bridgehead atoms. The highest BCUT2D eigenvalue weighted by molar-refractivity contribution is 6.92. The molecule has 1 aromatic carbocycles. The second-order valence-corrected chi connectivity index (χ2v) is 4.03. The first-order valence-electron chi connectivity index (χ1n) is 5.94. The van der Waals surface area contributed by atoms with Gasteiger partial charge in [0.1, 0.15) is 0 Å². The van der Waals surface area contributed by atoms with Crippen LogP contribution in [0.15, 0.2) is 30.3 Å². The molecule has 0 N–H and O–H groups in total. The second kappa shape index (κ2) is 9.18. The summed E-state index contributed by atoms with van der Waals surface area (Å²) in [7, 11) is 0. The lowest BCUT2D eigenvalue weighted by Gasteiger charge is -2.09. The van der Waals surface area contributed by atoms with Gasteiger partial charge < -0.3 is 4.74 Å². The maximum atomic E-state index is 11.4. The summed E-state index contributed by atoms with van der Waals surface area (Å²) in [6.45, 7) is 4.25. The van der Waals surface area contributed by atoms with Gasteiger partial charge in [-0.2, -0.15) is 9.90 Å². The van der Waals surface area contributed by atoms with Crippen molar-refractivity contribution in [2.45, 2.75) is 33.1 Å². The molecule has 17 heavy (non-hydrogen) atoms. The van der Waals surface area contributed by atoms with Crippen LogP contribution in [0.5, 0.6) is 0 Å². The Kier molecular flexibility index (Phi) is 8.71. The van der Waals surface area contributed by atoms with Gasteiger partial charge in [0, 0.05) is 0 Å². The number of carbonyl (C=O) groups excluding carboxylic acids is 1. The van der Waals surface area contributed by atoms with E-state index in [-0.39, 0.29) is 21.8 Å². The van der Waals surface area contributed by atoms with Crippen molar-refractivity contribution in [2.75, 3.05) is 6.61 Å². The van der Waals surface area contributed by atoms with Gasteiger partial charge in [0.05, 0.1) is 12.5 Å². The summed E-state index contributed by atoms with van der Waals surface area (Å²) in [4.78, 5) is 11.4. The van der Waals surface area contributed by atoms with Crippen molar-refractivity contribution in [3.05, 3.63) is 35.9 Å². The maximum Gasteiger partial charge on any atom is 0.308 e. The summed E-state index contributed by atoms with van der Waals surface area (Å²) < 4.78 is 4.97. The Morgan fingerprint density at radius 3 is 2.53 bits per heavy atom. The minimum Gasteiger partial charge on any atom is -0.466 e. The number of ether oxygens (including phenoxy) is 1. The summed E-state index contributed by atoms with van der Waals surface area (Å²) in [5, 5.41) is 0. The first kappa shape index (κ1) is 16.1. The smallest absolute Gasteiger partial charge is 0.308 e. The Labute approximate surface area is 107 Å². The molecule has 0 radical (unpaired) electrons. The molecule has 0 aliphatic heterocycles. The van der Waals surface area contributed by atoms with E-state index in [0.29, 0.717) is 6.61 Å². The first-order chi connectivity index (χ1) is 7.74. The van der Waals surface area contributed by atoms with Gasteiger partial charge in [0.2, 0.25) is 0 Å². The van der Waals surface area contributed by atoms with Crippen LogP contribution >= 0.6 is 9.90 Å². The van der Waals surface area contributed by atoms with Gasteiger partial charge in [-0.15, -0.1) is 0 Å². The normalized spacial score (nSPS) is 11.4. The van der Waals surface area contributed by atoms with Crippen LogP contribution in [-0.4, -0.2) is 12.6 Å². The molecule has 2 atom stereocenters. The van der Waals surface area contributed by atoms with Gasteiger partial charge in [-0.25, -0.2) is 0 Å². The van der Waals surface area contributed by atoms with Gasteiger partial charge in [-0.05, 0) is 31.7 Å². The number of carbonyl (C=O) groups is 1. The van der Waals surface area contributed by atoms with Crippen LogP contribution in [0.25, 0.3) is 0 Å². The Morgan fingerprint density at radius 1 is 1.29 bits per heavy atom. The number of benzene rings is 1. The van der Waals surface area contributed by atoms with E-state index in [9.17, 15) is 4.79 Å². The van der Waals surface area contributed by atoms with Gasteiger partial charge in [-0.1, -0.05) is 37.3 Å². The molecular weight excluding hydrogens is 231 g/mol. The molecule has 1 aromatic rings. The molecule has 2 unspecified atom stereocenters. The summed E-state index contributed by atoms with van der Waals surface area (Å²) in [6, 6.07) is 10.4. The molecule has 3 heteroatoms.